The number of carbonyl (C=O) groups is 1. The minimum Gasteiger partial charge on any atom is -0.507 e. The second-order valence-electron chi connectivity index (χ2n) is 7.11. The molecule has 1 aromatic carbocycles. The van der Waals surface area contributed by atoms with Crippen LogP contribution in [0.3, 0.4) is 0 Å². The number of phenolic OH excluding ortho intramolecular Hbond substituents is 1. The molecule has 2 aromatic heterocycles. The molecular weight excluding hydrogens is 372 g/mol. The summed E-state index contributed by atoms with van der Waals surface area (Å²) in [7, 11) is 0. The van der Waals surface area contributed by atoms with Crippen LogP contribution >= 0.6 is 0 Å². The van der Waals surface area contributed by atoms with Gasteiger partial charge in [0.15, 0.2) is 5.82 Å². The lowest BCUT2D eigenvalue weighted by molar-refractivity contribution is 0.194. The van der Waals surface area contributed by atoms with E-state index in [9.17, 15) is 9.90 Å². The Morgan fingerprint density at radius 2 is 1.90 bits per heavy atom. The molecule has 1 saturated carbocycles. The lowest BCUT2D eigenvalue weighted by Crippen LogP contribution is -2.36. The van der Waals surface area contributed by atoms with Crippen LogP contribution in [0.5, 0.6) is 11.5 Å². The van der Waals surface area contributed by atoms with Gasteiger partial charge in [0.1, 0.15) is 11.5 Å². The molecule has 9 heteroatoms. The highest BCUT2D eigenvalue weighted by molar-refractivity contribution is 5.76. The van der Waals surface area contributed by atoms with Gasteiger partial charge in [-0.05, 0) is 47.5 Å². The molecule has 9 nitrogen and oxygen atoms in total. The number of hydrogen-bond donors (Lipinski definition) is 3. The van der Waals surface area contributed by atoms with Crippen molar-refractivity contribution in [2.45, 2.75) is 44.6 Å². The zero-order chi connectivity index (χ0) is 20.1. The summed E-state index contributed by atoms with van der Waals surface area (Å²) in [5, 5.41) is 26.9. The quantitative estimate of drug-likeness (QED) is 0.579. The van der Waals surface area contributed by atoms with E-state index in [1.165, 1.54) is 18.9 Å². The molecule has 0 radical (unpaired) electrons. The van der Waals surface area contributed by atoms with E-state index in [-0.39, 0.29) is 11.8 Å². The van der Waals surface area contributed by atoms with Crippen LogP contribution in [0.4, 0.5) is 4.79 Å². The largest absolute Gasteiger partial charge is 0.507 e. The van der Waals surface area contributed by atoms with E-state index >= 15 is 0 Å². The number of benzene rings is 1. The number of pyridine rings is 1. The van der Waals surface area contributed by atoms with Crippen molar-refractivity contribution < 1.29 is 14.6 Å². The fourth-order valence-corrected chi connectivity index (χ4v) is 3.53. The van der Waals surface area contributed by atoms with E-state index in [4.69, 9.17) is 4.74 Å². The van der Waals surface area contributed by atoms with Crippen molar-refractivity contribution in [3.8, 4) is 34.0 Å². The van der Waals surface area contributed by atoms with Crippen molar-refractivity contribution in [3.05, 3.63) is 36.7 Å². The van der Waals surface area contributed by atoms with Gasteiger partial charge in [0.25, 0.3) is 0 Å². The summed E-state index contributed by atoms with van der Waals surface area (Å²) in [5.41, 5.74) is 1.81. The second-order valence-corrected chi connectivity index (χ2v) is 7.11. The molecule has 0 spiro atoms. The Hall–Kier alpha value is -3.49. The molecule has 0 bridgehead atoms. The third-order valence-electron chi connectivity index (χ3n) is 5.02. The Labute approximate surface area is 167 Å². The molecule has 1 amide bonds. The normalized spacial score (nSPS) is 14.9. The van der Waals surface area contributed by atoms with Crippen molar-refractivity contribution in [3.63, 3.8) is 0 Å². The van der Waals surface area contributed by atoms with Crippen LogP contribution in [0.25, 0.3) is 22.5 Å². The van der Waals surface area contributed by atoms with Gasteiger partial charge in [0.2, 0.25) is 0 Å². The SMILES string of the molecule is O=C(NC1CCCCCC1)Oc1ccc(O)c(-c2cncc(-c3nnn[nH]3)c2)c1. The summed E-state index contributed by atoms with van der Waals surface area (Å²) >= 11 is 0. The molecule has 0 saturated heterocycles. The van der Waals surface area contributed by atoms with Crippen LogP contribution in [0.15, 0.2) is 36.7 Å². The molecule has 4 rings (SSSR count). The van der Waals surface area contributed by atoms with Gasteiger partial charge in [-0.15, -0.1) is 5.10 Å². The minimum atomic E-state index is -0.479. The van der Waals surface area contributed by atoms with Crippen LogP contribution in [0.1, 0.15) is 38.5 Å². The van der Waals surface area contributed by atoms with Gasteiger partial charge < -0.3 is 15.2 Å². The number of amides is 1. The summed E-state index contributed by atoms with van der Waals surface area (Å²) in [6.45, 7) is 0. The van der Waals surface area contributed by atoms with Crippen molar-refractivity contribution in [1.29, 1.82) is 0 Å². The topological polar surface area (TPSA) is 126 Å². The number of nitrogens with one attached hydrogen (secondary N) is 2. The van der Waals surface area contributed by atoms with E-state index in [1.807, 2.05) is 0 Å². The first kappa shape index (κ1) is 18.9. The second kappa shape index (κ2) is 8.68. The number of ether oxygens (including phenoxy) is 1. The molecule has 0 aliphatic heterocycles. The van der Waals surface area contributed by atoms with E-state index in [0.29, 0.717) is 28.3 Å². The van der Waals surface area contributed by atoms with Crippen LogP contribution in [-0.4, -0.2) is 42.8 Å². The Balaban J connectivity index is 1.50. The predicted molar refractivity (Wildman–Crippen MR) is 105 cm³/mol. The van der Waals surface area contributed by atoms with Gasteiger partial charge in [0.05, 0.1) is 0 Å². The summed E-state index contributed by atoms with van der Waals surface area (Å²) in [4.78, 5) is 16.5. The van der Waals surface area contributed by atoms with Crippen LogP contribution < -0.4 is 10.1 Å². The van der Waals surface area contributed by atoms with Crippen molar-refractivity contribution in [2.75, 3.05) is 0 Å². The average molecular weight is 394 g/mol. The van der Waals surface area contributed by atoms with Crippen LogP contribution in [0, 0.1) is 0 Å². The van der Waals surface area contributed by atoms with Gasteiger partial charge in [-0.25, -0.2) is 9.89 Å². The first-order chi connectivity index (χ1) is 14.2. The third kappa shape index (κ3) is 4.68. The Kier molecular flexibility index (Phi) is 5.64. The van der Waals surface area contributed by atoms with E-state index in [1.54, 1.807) is 30.6 Å². The molecule has 0 atom stereocenters. The summed E-state index contributed by atoms with van der Waals surface area (Å²) in [6.07, 6.45) is 9.37. The number of H-pyrrole nitrogens is 1. The highest BCUT2D eigenvalue weighted by atomic mass is 16.6. The number of hydrogen-bond acceptors (Lipinski definition) is 7. The molecule has 2 heterocycles. The highest BCUT2D eigenvalue weighted by Crippen LogP contribution is 2.33. The van der Waals surface area contributed by atoms with E-state index in [2.05, 4.69) is 30.9 Å². The molecule has 150 valence electrons. The first-order valence-corrected chi connectivity index (χ1v) is 9.70. The Bertz CT molecular complexity index is 968. The van der Waals surface area contributed by atoms with Gasteiger partial charge in [-0.3, -0.25) is 4.98 Å². The molecule has 29 heavy (non-hydrogen) atoms. The molecule has 1 aliphatic carbocycles. The van der Waals surface area contributed by atoms with Crippen LogP contribution in [0.2, 0.25) is 0 Å². The zero-order valence-electron chi connectivity index (χ0n) is 15.8. The third-order valence-corrected chi connectivity index (χ3v) is 5.02. The Morgan fingerprint density at radius 3 is 2.66 bits per heavy atom. The van der Waals surface area contributed by atoms with Crippen molar-refractivity contribution in [1.82, 2.24) is 30.9 Å². The van der Waals surface area contributed by atoms with Gasteiger partial charge in [-0.1, -0.05) is 25.7 Å². The van der Waals surface area contributed by atoms with Gasteiger partial charge in [-0.2, -0.15) is 0 Å². The number of carbonyl (C=O) groups excluding carboxylic acids is 1. The monoisotopic (exact) mass is 394 g/mol. The molecule has 0 unspecified atom stereocenters. The van der Waals surface area contributed by atoms with Gasteiger partial charge >= 0.3 is 6.09 Å². The number of rotatable bonds is 4. The molecule has 1 fully saturated rings. The number of aromatic amines is 1. The number of tetrazole rings is 1. The average Bonchev–Trinajstić information content (AvgIpc) is 3.15. The molecule has 3 aromatic rings. The maximum absolute atomic E-state index is 12.3. The maximum Gasteiger partial charge on any atom is 0.412 e. The minimum absolute atomic E-state index is 0.0520. The zero-order valence-corrected chi connectivity index (χ0v) is 15.8. The standard InChI is InChI=1S/C20H22N6O3/c27-18-8-7-16(29-20(28)22-15-5-3-1-2-4-6-15)10-17(18)13-9-14(12-21-11-13)19-23-25-26-24-19/h7-12,15,27H,1-6H2,(H,22,28)(H,23,24,25,26). The number of nitrogens with zero attached hydrogens (tertiary/aromatic N) is 4. The number of phenols is 1. The fraction of sp³-hybridized carbons (Fsp3) is 0.350. The Morgan fingerprint density at radius 1 is 1.10 bits per heavy atom. The fourth-order valence-electron chi connectivity index (χ4n) is 3.53. The molecule has 1 aliphatic rings. The maximum atomic E-state index is 12.3. The van der Waals surface area contributed by atoms with Crippen molar-refractivity contribution >= 4 is 6.09 Å². The summed E-state index contributed by atoms with van der Waals surface area (Å²) in [6, 6.07) is 6.61. The lowest BCUT2D eigenvalue weighted by Gasteiger charge is -2.16. The van der Waals surface area contributed by atoms with Crippen molar-refractivity contribution in [2.24, 2.45) is 0 Å². The van der Waals surface area contributed by atoms with Gasteiger partial charge in [0, 0.05) is 35.1 Å². The highest BCUT2D eigenvalue weighted by Gasteiger charge is 2.17. The predicted octanol–water partition coefficient (Wildman–Crippen LogP) is 3.45. The lowest BCUT2D eigenvalue weighted by atomic mass is 10.0. The molecule has 3 N–H and O–H groups in total. The summed E-state index contributed by atoms with van der Waals surface area (Å²) < 4.78 is 5.46. The molecular formula is C20H22N6O3. The first-order valence-electron chi connectivity index (χ1n) is 9.70. The smallest absolute Gasteiger partial charge is 0.412 e. The number of aromatic nitrogens is 5. The van der Waals surface area contributed by atoms with E-state index in [0.717, 1.165) is 25.7 Å². The van der Waals surface area contributed by atoms with Crippen LogP contribution in [-0.2, 0) is 0 Å². The number of aromatic hydroxyl groups is 1. The van der Waals surface area contributed by atoms with E-state index < -0.39 is 6.09 Å². The summed E-state index contributed by atoms with van der Waals surface area (Å²) in [5.74, 6) is 0.862.